The molecule has 0 fully saturated rings. The number of nitrogens with one attached hydrogen (secondary N) is 1. The van der Waals surface area contributed by atoms with E-state index in [-0.39, 0.29) is 19.1 Å². The van der Waals surface area contributed by atoms with Crippen molar-refractivity contribution >= 4 is 5.91 Å². The monoisotopic (exact) mass is 260 g/mol. The zero-order chi connectivity index (χ0) is 13.6. The van der Waals surface area contributed by atoms with Crippen molar-refractivity contribution in [2.75, 3.05) is 26.4 Å². The average molecular weight is 260 g/mol. The van der Waals surface area contributed by atoms with E-state index < -0.39 is 5.09 Å². The molecule has 0 spiro atoms. The normalized spacial score (nSPS) is 10.5. The molecule has 18 heavy (non-hydrogen) atoms. The van der Waals surface area contributed by atoms with Crippen LogP contribution in [0.1, 0.15) is 26.2 Å². The van der Waals surface area contributed by atoms with Crippen LogP contribution in [0.2, 0.25) is 0 Å². The Morgan fingerprint density at radius 2 is 2.17 bits per heavy atom. The van der Waals surface area contributed by atoms with Gasteiger partial charge in [-0.05, 0) is 19.8 Å². The zero-order valence-corrected chi connectivity index (χ0v) is 10.6. The summed E-state index contributed by atoms with van der Waals surface area (Å²) in [4.78, 5) is 25.1. The van der Waals surface area contributed by atoms with E-state index in [1.54, 1.807) is 0 Å². The van der Waals surface area contributed by atoms with E-state index in [1.165, 1.54) is 0 Å². The second-order valence-electron chi connectivity index (χ2n) is 3.48. The highest BCUT2D eigenvalue weighted by molar-refractivity contribution is 5.75. The lowest BCUT2D eigenvalue weighted by Crippen LogP contribution is -2.27. The molecule has 0 saturated heterocycles. The number of hydrogen-bond acceptors (Lipinski definition) is 5. The lowest BCUT2D eigenvalue weighted by Gasteiger charge is -2.05. The molecule has 0 radical (unpaired) electrons. The molecule has 0 heterocycles. The topological polar surface area (TPSA) is 90.7 Å². The number of nitrogens with zero attached hydrogens (tertiary/aromatic N) is 1. The quantitative estimate of drug-likeness (QED) is 0.260. The first kappa shape index (κ1) is 16.4. The van der Waals surface area contributed by atoms with Gasteiger partial charge in [0.05, 0.1) is 13.2 Å². The fourth-order valence-corrected chi connectivity index (χ4v) is 1.17. The Balaban J connectivity index is 3.22. The van der Waals surface area contributed by atoms with Crippen molar-refractivity contribution in [2.45, 2.75) is 26.2 Å². The molecule has 0 unspecified atom stereocenters. The molecule has 1 N–H and O–H groups in total. The van der Waals surface area contributed by atoms with Gasteiger partial charge in [-0.25, -0.2) is 0 Å². The summed E-state index contributed by atoms with van der Waals surface area (Å²) in [6, 6.07) is 0. The molecule has 0 aromatic carbocycles. The summed E-state index contributed by atoms with van der Waals surface area (Å²) in [5, 5.41) is 11.6. The van der Waals surface area contributed by atoms with Crippen LogP contribution in [-0.4, -0.2) is 37.4 Å². The van der Waals surface area contributed by atoms with Crippen LogP contribution in [0.15, 0.2) is 12.2 Å². The highest BCUT2D eigenvalue weighted by atomic mass is 17.0. The predicted octanol–water partition coefficient (Wildman–Crippen LogP) is 1.07. The third-order valence-corrected chi connectivity index (χ3v) is 2.00. The summed E-state index contributed by atoms with van der Waals surface area (Å²) in [6.07, 6.45) is 6.20. The molecule has 0 aliphatic carbocycles. The number of ether oxygens (including phenoxy) is 1. The highest BCUT2D eigenvalue weighted by Gasteiger charge is 1.99. The molecule has 0 rings (SSSR count). The van der Waals surface area contributed by atoms with Crippen LogP contribution in [0.5, 0.6) is 0 Å². The first-order valence-electron chi connectivity index (χ1n) is 5.89. The van der Waals surface area contributed by atoms with E-state index in [2.05, 4.69) is 10.2 Å². The molecule has 0 bridgehead atoms. The Hall–Kier alpha value is -1.63. The van der Waals surface area contributed by atoms with Crippen LogP contribution in [0.25, 0.3) is 0 Å². The van der Waals surface area contributed by atoms with Gasteiger partial charge in [0.25, 0.3) is 5.09 Å². The number of hydrogen-bond donors (Lipinski definition) is 1. The van der Waals surface area contributed by atoms with Gasteiger partial charge in [0, 0.05) is 13.0 Å². The number of carbonyl (C=O) groups is 1. The van der Waals surface area contributed by atoms with Gasteiger partial charge in [-0.3, -0.25) is 4.79 Å². The number of rotatable bonds is 11. The van der Waals surface area contributed by atoms with Crippen molar-refractivity contribution in [3.63, 3.8) is 0 Å². The molecule has 0 aliphatic heterocycles. The van der Waals surface area contributed by atoms with Crippen molar-refractivity contribution < 1.29 is 19.5 Å². The van der Waals surface area contributed by atoms with Gasteiger partial charge in [0.2, 0.25) is 5.91 Å². The molecule has 0 atom stereocenters. The minimum Gasteiger partial charge on any atom is -0.378 e. The standard InChI is InChI=1S/C11H20N2O5/c1-2-3-4-5-6-11(14)12-7-8-17-9-10-18-13(15)16/h2-3H,4-10H2,1H3,(H,12,14)/b3-2-. The molecule has 0 aromatic rings. The summed E-state index contributed by atoms with van der Waals surface area (Å²) in [7, 11) is 0. The second kappa shape index (κ2) is 11.8. The van der Waals surface area contributed by atoms with Gasteiger partial charge in [-0.1, -0.05) is 12.2 Å². The van der Waals surface area contributed by atoms with Gasteiger partial charge in [0.1, 0.15) is 6.61 Å². The molecule has 7 nitrogen and oxygen atoms in total. The molecular formula is C11H20N2O5. The lowest BCUT2D eigenvalue weighted by molar-refractivity contribution is -0.758. The maximum absolute atomic E-state index is 11.3. The number of unbranched alkanes of at least 4 members (excludes halogenated alkanes) is 1. The van der Waals surface area contributed by atoms with Crippen LogP contribution < -0.4 is 5.32 Å². The Labute approximate surface area is 106 Å². The van der Waals surface area contributed by atoms with Gasteiger partial charge >= 0.3 is 0 Å². The van der Waals surface area contributed by atoms with Crippen LogP contribution in [0.4, 0.5) is 0 Å². The number of amides is 1. The van der Waals surface area contributed by atoms with Gasteiger partial charge in [0.15, 0.2) is 0 Å². The van der Waals surface area contributed by atoms with Crippen molar-refractivity contribution in [1.29, 1.82) is 0 Å². The Bertz CT molecular complexity index is 268. The van der Waals surface area contributed by atoms with Crippen molar-refractivity contribution in [2.24, 2.45) is 0 Å². The number of allylic oxidation sites excluding steroid dienone is 2. The SMILES string of the molecule is C/C=C\CCCC(=O)NCCOCCO[N+](=O)[O-]. The molecule has 1 amide bonds. The first-order chi connectivity index (χ1) is 8.66. The van der Waals surface area contributed by atoms with E-state index in [9.17, 15) is 14.9 Å². The molecule has 7 heteroatoms. The van der Waals surface area contributed by atoms with Crippen LogP contribution >= 0.6 is 0 Å². The average Bonchev–Trinajstić information content (AvgIpc) is 2.33. The minimum atomic E-state index is -0.865. The predicted molar refractivity (Wildman–Crippen MR) is 65.4 cm³/mol. The summed E-state index contributed by atoms with van der Waals surface area (Å²) in [5.74, 6) is -0.00959. The van der Waals surface area contributed by atoms with E-state index >= 15 is 0 Å². The van der Waals surface area contributed by atoms with Crippen LogP contribution in [-0.2, 0) is 14.4 Å². The van der Waals surface area contributed by atoms with Crippen LogP contribution in [0.3, 0.4) is 0 Å². The lowest BCUT2D eigenvalue weighted by atomic mass is 10.2. The van der Waals surface area contributed by atoms with Gasteiger partial charge in [-0.2, -0.15) is 0 Å². The van der Waals surface area contributed by atoms with E-state index in [0.29, 0.717) is 19.6 Å². The molecule has 0 aliphatic rings. The van der Waals surface area contributed by atoms with Gasteiger partial charge < -0.3 is 14.9 Å². The third-order valence-electron chi connectivity index (χ3n) is 2.00. The maximum atomic E-state index is 11.3. The Kier molecular flexibility index (Phi) is 10.8. The number of carbonyl (C=O) groups excluding carboxylic acids is 1. The van der Waals surface area contributed by atoms with Crippen molar-refractivity contribution in [3.8, 4) is 0 Å². The second-order valence-corrected chi connectivity index (χ2v) is 3.48. The molecule has 104 valence electrons. The summed E-state index contributed by atoms with van der Waals surface area (Å²) < 4.78 is 5.02. The van der Waals surface area contributed by atoms with Gasteiger partial charge in [-0.15, -0.1) is 10.1 Å². The highest BCUT2D eigenvalue weighted by Crippen LogP contribution is 1.96. The summed E-state index contributed by atoms with van der Waals surface area (Å²) >= 11 is 0. The fraction of sp³-hybridized carbons (Fsp3) is 0.727. The van der Waals surface area contributed by atoms with E-state index in [0.717, 1.165) is 12.8 Å². The summed E-state index contributed by atoms with van der Waals surface area (Å²) in [6.45, 7) is 2.71. The largest absolute Gasteiger partial charge is 0.378 e. The third kappa shape index (κ3) is 12.4. The zero-order valence-electron chi connectivity index (χ0n) is 10.6. The molecular weight excluding hydrogens is 240 g/mol. The van der Waals surface area contributed by atoms with E-state index in [4.69, 9.17) is 4.74 Å². The molecule has 0 aromatic heterocycles. The first-order valence-corrected chi connectivity index (χ1v) is 5.89. The smallest absolute Gasteiger partial charge is 0.294 e. The Morgan fingerprint density at radius 1 is 1.39 bits per heavy atom. The Morgan fingerprint density at radius 3 is 2.83 bits per heavy atom. The van der Waals surface area contributed by atoms with E-state index in [1.807, 2.05) is 19.1 Å². The van der Waals surface area contributed by atoms with Crippen LogP contribution in [0, 0.1) is 10.1 Å². The maximum Gasteiger partial charge on any atom is 0.294 e. The minimum absolute atomic E-state index is 0.00959. The van der Waals surface area contributed by atoms with Crippen molar-refractivity contribution in [1.82, 2.24) is 5.32 Å². The molecule has 0 saturated carbocycles. The summed E-state index contributed by atoms with van der Waals surface area (Å²) in [5.41, 5.74) is 0. The fourth-order valence-electron chi connectivity index (χ4n) is 1.17. The van der Waals surface area contributed by atoms with Crippen molar-refractivity contribution in [3.05, 3.63) is 22.3 Å².